The Morgan fingerprint density at radius 1 is 1.19 bits per heavy atom. The third kappa shape index (κ3) is 2.15. The molecule has 0 aliphatic rings. The minimum absolute atomic E-state index is 0.531. The number of benzene rings is 1. The molecule has 82 valence electrons. The van der Waals surface area contributed by atoms with E-state index >= 15 is 0 Å². The van der Waals surface area contributed by atoms with Crippen LogP contribution in [0.4, 0.5) is 0 Å². The lowest BCUT2D eigenvalue weighted by atomic mass is 10.1. The molecule has 0 fully saturated rings. The molecule has 2 rings (SSSR count). The monoisotopic (exact) mass is 231 g/mol. The average molecular weight is 231 g/mol. The minimum atomic E-state index is 0.531. The second-order valence-corrected chi connectivity index (χ2v) is 4.70. The summed E-state index contributed by atoms with van der Waals surface area (Å²) in [6.45, 7) is 5.78. The Kier molecular flexibility index (Phi) is 3.08. The Morgan fingerprint density at radius 3 is 2.50 bits per heavy atom. The fraction of sp³-hybridized carbons (Fsp3) is 0.0769. The van der Waals surface area contributed by atoms with Crippen molar-refractivity contribution in [3.8, 4) is 10.4 Å². The van der Waals surface area contributed by atoms with Crippen LogP contribution in [0, 0.1) is 6.92 Å². The van der Waals surface area contributed by atoms with Gasteiger partial charge in [-0.3, -0.25) is 10.7 Å². The van der Waals surface area contributed by atoms with Crippen LogP contribution in [0.2, 0.25) is 0 Å². The van der Waals surface area contributed by atoms with Crippen molar-refractivity contribution in [2.45, 2.75) is 6.92 Å². The van der Waals surface area contributed by atoms with Gasteiger partial charge < -0.3 is 0 Å². The zero-order valence-corrected chi connectivity index (χ0v) is 9.84. The standard InChI is InChI=1S/C13H13NOS/c1-9-3-5-11(6-4-9)13-8-7-12(16-13)10(2)14-15/h3-8,14-15H,2H2,1H3. The van der Waals surface area contributed by atoms with Crippen LogP contribution >= 0.6 is 11.3 Å². The second-order valence-electron chi connectivity index (χ2n) is 3.62. The Bertz CT molecular complexity index is 499. The van der Waals surface area contributed by atoms with Gasteiger partial charge in [0, 0.05) is 4.88 Å². The minimum Gasteiger partial charge on any atom is -0.291 e. The molecule has 3 heteroatoms. The first kappa shape index (κ1) is 10.9. The smallest absolute Gasteiger partial charge is 0.0702 e. The number of hydrogen-bond donors (Lipinski definition) is 2. The first-order chi connectivity index (χ1) is 7.70. The molecule has 0 amide bonds. The first-order valence-electron chi connectivity index (χ1n) is 4.97. The molecule has 1 aromatic carbocycles. The molecule has 0 aliphatic carbocycles. The number of aryl methyl sites for hydroxylation is 1. The molecule has 0 unspecified atom stereocenters. The Balaban J connectivity index is 2.31. The SMILES string of the molecule is C=C(NO)c1ccc(-c2ccc(C)cc2)s1. The maximum absolute atomic E-state index is 8.76. The lowest BCUT2D eigenvalue weighted by molar-refractivity contribution is 0.225. The molecule has 1 aromatic heterocycles. The number of rotatable bonds is 3. The van der Waals surface area contributed by atoms with Crippen LogP contribution in [0.1, 0.15) is 10.4 Å². The van der Waals surface area contributed by atoms with Crippen LogP contribution in [0.5, 0.6) is 0 Å². The van der Waals surface area contributed by atoms with E-state index in [-0.39, 0.29) is 0 Å². The van der Waals surface area contributed by atoms with Crippen molar-refractivity contribution in [1.82, 2.24) is 5.48 Å². The summed E-state index contributed by atoms with van der Waals surface area (Å²) >= 11 is 1.60. The molecule has 0 bridgehead atoms. The zero-order chi connectivity index (χ0) is 11.5. The first-order valence-corrected chi connectivity index (χ1v) is 5.78. The number of nitrogens with one attached hydrogen (secondary N) is 1. The predicted molar refractivity (Wildman–Crippen MR) is 68.4 cm³/mol. The molecular weight excluding hydrogens is 218 g/mol. The van der Waals surface area contributed by atoms with Crippen molar-refractivity contribution in [2.24, 2.45) is 0 Å². The van der Waals surface area contributed by atoms with Gasteiger partial charge in [0.2, 0.25) is 0 Å². The quantitative estimate of drug-likeness (QED) is 0.790. The van der Waals surface area contributed by atoms with Crippen LogP contribution in [0.3, 0.4) is 0 Å². The highest BCUT2D eigenvalue weighted by atomic mass is 32.1. The molecule has 16 heavy (non-hydrogen) atoms. The van der Waals surface area contributed by atoms with Crippen molar-refractivity contribution < 1.29 is 5.21 Å². The van der Waals surface area contributed by atoms with Crippen LogP contribution in [-0.2, 0) is 0 Å². The van der Waals surface area contributed by atoms with Crippen molar-refractivity contribution in [2.75, 3.05) is 0 Å². The summed E-state index contributed by atoms with van der Waals surface area (Å²) < 4.78 is 0. The fourth-order valence-corrected chi connectivity index (χ4v) is 2.36. The van der Waals surface area contributed by atoms with Gasteiger partial charge >= 0.3 is 0 Å². The van der Waals surface area contributed by atoms with E-state index < -0.39 is 0 Å². The largest absolute Gasteiger partial charge is 0.291 e. The van der Waals surface area contributed by atoms with Gasteiger partial charge in [-0.2, -0.15) is 0 Å². The van der Waals surface area contributed by atoms with Crippen molar-refractivity contribution in [1.29, 1.82) is 0 Å². The van der Waals surface area contributed by atoms with Gasteiger partial charge in [0.25, 0.3) is 0 Å². The molecule has 1 heterocycles. The summed E-state index contributed by atoms with van der Waals surface area (Å²) in [5.41, 5.74) is 5.04. The molecule has 0 atom stereocenters. The molecule has 2 N–H and O–H groups in total. The summed E-state index contributed by atoms with van der Waals surface area (Å²) in [5, 5.41) is 8.76. The van der Waals surface area contributed by atoms with E-state index in [4.69, 9.17) is 5.21 Å². The zero-order valence-electron chi connectivity index (χ0n) is 9.03. The average Bonchev–Trinajstić information content (AvgIpc) is 2.78. The number of hydrogen-bond acceptors (Lipinski definition) is 3. The molecule has 2 aromatic rings. The van der Waals surface area contributed by atoms with E-state index in [9.17, 15) is 0 Å². The van der Waals surface area contributed by atoms with E-state index in [2.05, 4.69) is 43.2 Å². The maximum atomic E-state index is 8.76. The van der Waals surface area contributed by atoms with Gasteiger partial charge in [-0.25, -0.2) is 0 Å². The molecular formula is C13H13NOS. The summed E-state index contributed by atoms with van der Waals surface area (Å²) in [6.07, 6.45) is 0. The van der Waals surface area contributed by atoms with Crippen molar-refractivity contribution in [3.05, 3.63) is 53.4 Å². The van der Waals surface area contributed by atoms with Gasteiger partial charge in [0.15, 0.2) is 0 Å². The van der Waals surface area contributed by atoms with E-state index in [0.717, 1.165) is 4.88 Å². The summed E-state index contributed by atoms with van der Waals surface area (Å²) in [5.74, 6) is 0. The summed E-state index contributed by atoms with van der Waals surface area (Å²) in [7, 11) is 0. The second kappa shape index (κ2) is 4.51. The lowest BCUT2D eigenvalue weighted by Crippen LogP contribution is -2.01. The molecule has 0 saturated carbocycles. The van der Waals surface area contributed by atoms with Crippen LogP contribution < -0.4 is 5.48 Å². The van der Waals surface area contributed by atoms with Crippen LogP contribution in [0.25, 0.3) is 16.1 Å². The Morgan fingerprint density at radius 2 is 1.88 bits per heavy atom. The summed E-state index contributed by atoms with van der Waals surface area (Å²) in [4.78, 5) is 2.12. The highest BCUT2D eigenvalue weighted by Gasteiger charge is 2.04. The topological polar surface area (TPSA) is 32.3 Å². The normalized spacial score (nSPS) is 10.1. The number of hydroxylamine groups is 1. The van der Waals surface area contributed by atoms with Gasteiger partial charge in [-0.1, -0.05) is 36.4 Å². The van der Waals surface area contributed by atoms with Crippen molar-refractivity contribution >= 4 is 17.0 Å². The summed E-state index contributed by atoms with van der Waals surface area (Å²) in [6, 6.07) is 12.4. The Hall–Kier alpha value is -1.58. The van der Waals surface area contributed by atoms with Crippen LogP contribution in [0.15, 0.2) is 43.0 Å². The molecule has 0 saturated heterocycles. The van der Waals surface area contributed by atoms with Crippen LogP contribution in [-0.4, -0.2) is 5.21 Å². The third-order valence-electron chi connectivity index (χ3n) is 2.37. The predicted octanol–water partition coefficient (Wildman–Crippen LogP) is 3.67. The Labute approximate surface area is 98.8 Å². The van der Waals surface area contributed by atoms with E-state index in [0.29, 0.717) is 5.70 Å². The highest BCUT2D eigenvalue weighted by molar-refractivity contribution is 7.16. The van der Waals surface area contributed by atoms with E-state index in [1.807, 2.05) is 12.1 Å². The highest BCUT2D eigenvalue weighted by Crippen LogP contribution is 2.30. The molecule has 0 aliphatic heterocycles. The van der Waals surface area contributed by atoms with Gasteiger partial charge in [-0.15, -0.1) is 11.3 Å². The van der Waals surface area contributed by atoms with Gasteiger partial charge in [0.1, 0.15) is 0 Å². The maximum Gasteiger partial charge on any atom is 0.0702 e. The van der Waals surface area contributed by atoms with Crippen molar-refractivity contribution in [3.63, 3.8) is 0 Å². The van der Waals surface area contributed by atoms with E-state index in [1.165, 1.54) is 16.0 Å². The van der Waals surface area contributed by atoms with Gasteiger partial charge in [0.05, 0.1) is 10.6 Å². The number of thiophene rings is 1. The molecule has 0 spiro atoms. The fourth-order valence-electron chi connectivity index (χ4n) is 1.43. The van der Waals surface area contributed by atoms with Gasteiger partial charge in [-0.05, 0) is 24.6 Å². The lowest BCUT2D eigenvalue weighted by Gasteiger charge is -1.99. The molecule has 2 nitrogen and oxygen atoms in total. The molecule has 0 radical (unpaired) electrons. The van der Waals surface area contributed by atoms with E-state index in [1.54, 1.807) is 11.3 Å². The third-order valence-corrected chi connectivity index (χ3v) is 3.57.